The highest BCUT2D eigenvalue weighted by atomic mass is 31.2. The summed E-state index contributed by atoms with van der Waals surface area (Å²) < 4.78 is 10.9. The minimum absolute atomic E-state index is 0.132. The van der Waals surface area contributed by atoms with Crippen molar-refractivity contribution in [2.75, 3.05) is 6.16 Å². The number of nitrogens with zero attached hydrogens (tertiary/aromatic N) is 1. The Morgan fingerprint density at radius 2 is 1.85 bits per heavy atom. The van der Waals surface area contributed by atoms with Crippen LogP contribution in [0.2, 0.25) is 0 Å². The molecule has 1 fully saturated rings. The van der Waals surface area contributed by atoms with Gasteiger partial charge in [0.05, 0.1) is 12.2 Å². The zero-order chi connectivity index (χ0) is 15.2. The summed E-state index contributed by atoms with van der Waals surface area (Å²) in [6.45, 7) is 1.26. The Bertz CT molecular complexity index is 351. The van der Waals surface area contributed by atoms with Gasteiger partial charge in [-0.3, -0.25) is 14.6 Å². The summed E-state index contributed by atoms with van der Waals surface area (Å²) in [7, 11) is -4.09. The van der Waals surface area contributed by atoms with E-state index in [-0.39, 0.29) is 12.6 Å². The highest BCUT2D eigenvalue weighted by molar-refractivity contribution is 7.51. The van der Waals surface area contributed by atoms with Gasteiger partial charge in [-0.05, 0) is 25.2 Å². The van der Waals surface area contributed by atoms with Gasteiger partial charge in [0.15, 0.2) is 0 Å². The van der Waals surface area contributed by atoms with Gasteiger partial charge in [0.25, 0.3) is 0 Å². The van der Waals surface area contributed by atoms with E-state index in [2.05, 4.69) is 0 Å². The summed E-state index contributed by atoms with van der Waals surface area (Å²) in [4.78, 5) is 29.1. The smallest absolute Gasteiger partial charge is 0.324 e. The lowest BCUT2D eigenvalue weighted by Crippen LogP contribution is -2.37. The Hall–Kier alpha value is -0.420. The molecular formula is C13H26NO5P. The van der Waals surface area contributed by atoms with Crippen molar-refractivity contribution in [1.82, 2.24) is 5.06 Å². The van der Waals surface area contributed by atoms with E-state index in [9.17, 15) is 14.6 Å². The van der Waals surface area contributed by atoms with E-state index in [1.807, 2.05) is 0 Å². The van der Waals surface area contributed by atoms with Gasteiger partial charge in [0.1, 0.15) is 0 Å². The Kier molecular flexibility index (Phi) is 7.17. The van der Waals surface area contributed by atoms with Gasteiger partial charge in [-0.15, -0.1) is 0 Å². The first kappa shape index (κ1) is 17.6. The molecule has 0 aliphatic heterocycles. The van der Waals surface area contributed by atoms with Crippen LogP contribution in [0, 0.1) is 5.92 Å². The van der Waals surface area contributed by atoms with E-state index in [0.29, 0.717) is 17.4 Å². The summed E-state index contributed by atoms with van der Waals surface area (Å²) in [5, 5.41) is 10.4. The van der Waals surface area contributed by atoms with E-state index in [1.54, 1.807) is 0 Å². The molecule has 1 saturated carbocycles. The van der Waals surface area contributed by atoms with Crippen LogP contribution in [-0.2, 0) is 9.36 Å². The normalized spacial score (nSPS) is 18.8. The molecule has 0 spiro atoms. The van der Waals surface area contributed by atoms with Crippen LogP contribution in [-0.4, -0.2) is 38.2 Å². The molecule has 0 radical (unpaired) electrons. The molecule has 1 unspecified atom stereocenters. The zero-order valence-electron chi connectivity index (χ0n) is 12.1. The summed E-state index contributed by atoms with van der Waals surface area (Å²) in [6, 6.07) is -0.498. The summed E-state index contributed by atoms with van der Waals surface area (Å²) in [5.41, 5.74) is 0. The van der Waals surface area contributed by atoms with Crippen LogP contribution in [0.3, 0.4) is 0 Å². The molecule has 1 aliphatic rings. The van der Waals surface area contributed by atoms with Crippen LogP contribution in [0.4, 0.5) is 0 Å². The third-order valence-electron chi connectivity index (χ3n) is 4.05. The molecule has 7 heteroatoms. The predicted molar refractivity (Wildman–Crippen MR) is 75.4 cm³/mol. The Balaban J connectivity index is 2.48. The van der Waals surface area contributed by atoms with Crippen LogP contribution in [0.15, 0.2) is 0 Å². The fraction of sp³-hybridized carbons (Fsp3) is 0.923. The minimum atomic E-state index is -4.09. The van der Waals surface area contributed by atoms with Crippen molar-refractivity contribution in [2.24, 2.45) is 5.92 Å². The first-order valence-electron chi connectivity index (χ1n) is 7.33. The van der Waals surface area contributed by atoms with Gasteiger partial charge in [-0.25, -0.2) is 5.06 Å². The van der Waals surface area contributed by atoms with E-state index < -0.39 is 19.5 Å². The van der Waals surface area contributed by atoms with Gasteiger partial charge >= 0.3 is 7.60 Å². The maximum atomic E-state index is 11.2. The van der Waals surface area contributed by atoms with Crippen molar-refractivity contribution in [3.05, 3.63) is 0 Å². The van der Waals surface area contributed by atoms with Crippen LogP contribution < -0.4 is 0 Å². The van der Waals surface area contributed by atoms with E-state index in [4.69, 9.17) is 9.79 Å². The Labute approximate surface area is 120 Å². The quantitative estimate of drug-likeness (QED) is 0.381. The minimum Gasteiger partial charge on any atom is -0.324 e. The standard InChI is InChI=1S/C13H26NO5P/c1-11(15)14(16)13(9-10-20(17,18)19)8-7-12-5-3-2-4-6-12/h12-13,16H,2-10H2,1H3,(H2,17,18,19). The maximum absolute atomic E-state index is 11.2. The van der Waals surface area contributed by atoms with Crippen LogP contribution >= 0.6 is 7.60 Å². The molecule has 3 N–H and O–H groups in total. The van der Waals surface area contributed by atoms with E-state index in [1.165, 1.54) is 39.0 Å². The molecule has 0 aromatic rings. The SMILES string of the molecule is CC(=O)N(O)C(CCC1CCCCC1)CCP(=O)(O)O. The number of hydrogen-bond donors (Lipinski definition) is 3. The van der Waals surface area contributed by atoms with E-state index in [0.717, 1.165) is 6.42 Å². The van der Waals surface area contributed by atoms with Crippen molar-refractivity contribution in [3.8, 4) is 0 Å². The van der Waals surface area contributed by atoms with Gasteiger partial charge in [0, 0.05) is 6.92 Å². The molecule has 20 heavy (non-hydrogen) atoms. The second-order valence-corrected chi connectivity index (χ2v) is 7.55. The van der Waals surface area contributed by atoms with E-state index >= 15 is 0 Å². The summed E-state index contributed by atoms with van der Waals surface area (Å²) >= 11 is 0. The summed E-state index contributed by atoms with van der Waals surface area (Å²) in [5.74, 6) is 0.131. The molecule has 1 rings (SSSR count). The van der Waals surface area contributed by atoms with Crippen LogP contribution in [0.5, 0.6) is 0 Å². The number of hydrogen-bond acceptors (Lipinski definition) is 3. The third-order valence-corrected chi connectivity index (χ3v) is 4.90. The highest BCUT2D eigenvalue weighted by Gasteiger charge is 2.25. The van der Waals surface area contributed by atoms with Crippen molar-refractivity contribution in [2.45, 2.75) is 64.3 Å². The average molecular weight is 307 g/mol. The molecule has 6 nitrogen and oxygen atoms in total. The lowest BCUT2D eigenvalue weighted by atomic mass is 9.85. The monoisotopic (exact) mass is 307 g/mol. The molecule has 1 atom stereocenters. The van der Waals surface area contributed by atoms with Crippen molar-refractivity contribution in [1.29, 1.82) is 0 Å². The molecule has 118 valence electrons. The van der Waals surface area contributed by atoms with Gasteiger partial charge in [0.2, 0.25) is 5.91 Å². The van der Waals surface area contributed by atoms with Crippen molar-refractivity contribution < 1.29 is 24.4 Å². The number of amides is 1. The topological polar surface area (TPSA) is 98.1 Å². The number of carbonyl (C=O) groups is 1. The lowest BCUT2D eigenvalue weighted by molar-refractivity contribution is -0.174. The van der Waals surface area contributed by atoms with Gasteiger partial charge in [-0.2, -0.15) is 0 Å². The summed E-state index contributed by atoms with van der Waals surface area (Å²) in [6.07, 6.45) is 7.42. The molecule has 1 amide bonds. The number of hydroxylamine groups is 2. The van der Waals surface area contributed by atoms with Crippen molar-refractivity contribution in [3.63, 3.8) is 0 Å². The lowest BCUT2D eigenvalue weighted by Gasteiger charge is -2.28. The maximum Gasteiger partial charge on any atom is 0.325 e. The number of carbonyl (C=O) groups excluding carboxylic acids is 1. The first-order valence-corrected chi connectivity index (χ1v) is 9.12. The molecule has 0 saturated heterocycles. The average Bonchev–Trinajstić information content (AvgIpc) is 2.38. The fourth-order valence-corrected chi connectivity index (χ4v) is 3.50. The number of rotatable bonds is 7. The first-order chi connectivity index (χ1) is 9.29. The molecule has 0 bridgehead atoms. The Morgan fingerprint density at radius 3 is 2.35 bits per heavy atom. The fourth-order valence-electron chi connectivity index (χ4n) is 2.87. The van der Waals surface area contributed by atoms with Crippen LogP contribution in [0.25, 0.3) is 0 Å². The second-order valence-electron chi connectivity index (χ2n) is 5.78. The van der Waals surface area contributed by atoms with Crippen LogP contribution in [0.1, 0.15) is 58.3 Å². The van der Waals surface area contributed by atoms with Gasteiger partial charge < -0.3 is 9.79 Å². The molecule has 1 aliphatic carbocycles. The van der Waals surface area contributed by atoms with Crippen molar-refractivity contribution >= 4 is 13.5 Å². The third kappa shape index (κ3) is 6.84. The predicted octanol–water partition coefficient (Wildman–Crippen LogP) is 2.52. The zero-order valence-corrected chi connectivity index (χ0v) is 13.0. The second kappa shape index (κ2) is 8.13. The molecule has 0 aromatic heterocycles. The molecular weight excluding hydrogens is 281 g/mol. The molecule has 0 heterocycles. The molecule has 0 aromatic carbocycles. The largest absolute Gasteiger partial charge is 0.325 e. The highest BCUT2D eigenvalue weighted by Crippen LogP contribution is 2.36. The Morgan fingerprint density at radius 1 is 1.25 bits per heavy atom. The van der Waals surface area contributed by atoms with Gasteiger partial charge in [-0.1, -0.05) is 32.1 Å².